The van der Waals surface area contributed by atoms with Crippen LogP contribution < -0.4 is 5.46 Å². The summed E-state index contributed by atoms with van der Waals surface area (Å²) in [4.78, 5) is 0. The molecule has 2 radical (unpaired) electrons. The first-order valence-corrected chi connectivity index (χ1v) is 5.51. The molecule has 2 aromatic rings. The van der Waals surface area contributed by atoms with Crippen molar-refractivity contribution >= 4 is 18.8 Å². The van der Waals surface area contributed by atoms with Gasteiger partial charge in [0.25, 0.3) is 0 Å². The van der Waals surface area contributed by atoms with Gasteiger partial charge in [-0.1, -0.05) is 26.2 Å². The maximum absolute atomic E-state index is 5.97. The summed E-state index contributed by atoms with van der Waals surface area (Å²) < 4.78 is 2.17. The van der Waals surface area contributed by atoms with E-state index in [1.807, 2.05) is 0 Å². The van der Waals surface area contributed by atoms with Crippen LogP contribution in [-0.2, 0) is 6.42 Å². The van der Waals surface area contributed by atoms with E-state index in [0.717, 1.165) is 11.9 Å². The predicted molar refractivity (Wildman–Crippen MR) is 66.3 cm³/mol. The highest BCUT2D eigenvalue weighted by Crippen LogP contribution is 2.18. The number of aromatic nitrogens is 1. The van der Waals surface area contributed by atoms with Gasteiger partial charge in [0.05, 0.1) is 0 Å². The predicted octanol–water partition coefficient (Wildman–Crippen LogP) is 2.42. The summed E-state index contributed by atoms with van der Waals surface area (Å²) >= 11 is 0. The van der Waals surface area contributed by atoms with Crippen LogP contribution in [0.15, 0.2) is 24.5 Å². The lowest BCUT2D eigenvalue weighted by atomic mass is 9.90. The summed E-state index contributed by atoms with van der Waals surface area (Å²) in [5.41, 5.74) is 4.67. The zero-order valence-corrected chi connectivity index (χ0v) is 9.62. The molecule has 0 saturated heterocycles. The van der Waals surface area contributed by atoms with Crippen LogP contribution in [-0.4, -0.2) is 12.2 Å². The Hall–Kier alpha value is -1.18. The third-order valence-corrected chi connectivity index (χ3v) is 2.92. The standard InChI is InChI=1S/C13H16BN/c1-4-10-7-15-8-11(9(2)3)5-12(15)6-13(10)14/h5-9H,4H2,1-3H3. The fourth-order valence-electron chi connectivity index (χ4n) is 1.85. The van der Waals surface area contributed by atoms with Crippen molar-refractivity contribution in [2.24, 2.45) is 0 Å². The van der Waals surface area contributed by atoms with Crippen LogP contribution >= 0.6 is 0 Å². The Bertz CT molecular complexity index is 482. The molecular weight excluding hydrogens is 181 g/mol. The van der Waals surface area contributed by atoms with Crippen molar-refractivity contribution in [2.75, 3.05) is 0 Å². The molecule has 1 nitrogen and oxygen atoms in total. The van der Waals surface area contributed by atoms with Crippen molar-refractivity contribution in [2.45, 2.75) is 33.1 Å². The van der Waals surface area contributed by atoms with Crippen LogP contribution in [0.4, 0.5) is 0 Å². The van der Waals surface area contributed by atoms with E-state index in [1.165, 1.54) is 16.6 Å². The smallest absolute Gasteiger partial charge is 0.114 e. The Kier molecular flexibility index (Phi) is 2.60. The largest absolute Gasteiger partial charge is 0.323 e. The van der Waals surface area contributed by atoms with Gasteiger partial charge in [0.15, 0.2) is 0 Å². The average molecular weight is 197 g/mol. The zero-order chi connectivity index (χ0) is 11.0. The number of pyridine rings is 1. The van der Waals surface area contributed by atoms with E-state index in [0.29, 0.717) is 5.92 Å². The van der Waals surface area contributed by atoms with Gasteiger partial charge in [-0.3, -0.25) is 0 Å². The highest BCUT2D eigenvalue weighted by molar-refractivity contribution is 6.33. The summed E-state index contributed by atoms with van der Waals surface area (Å²) in [5.74, 6) is 0.566. The van der Waals surface area contributed by atoms with E-state index in [2.05, 4.69) is 49.7 Å². The van der Waals surface area contributed by atoms with Gasteiger partial charge < -0.3 is 4.40 Å². The van der Waals surface area contributed by atoms with Gasteiger partial charge in [-0.25, -0.2) is 0 Å². The van der Waals surface area contributed by atoms with Crippen LogP contribution in [0, 0.1) is 0 Å². The molecule has 0 saturated carbocycles. The molecule has 0 N–H and O–H groups in total. The van der Waals surface area contributed by atoms with Crippen molar-refractivity contribution in [3.63, 3.8) is 0 Å². The molecule has 0 aliphatic rings. The fraction of sp³-hybridized carbons (Fsp3) is 0.385. The Labute approximate surface area is 92.5 Å². The monoisotopic (exact) mass is 197 g/mol. The van der Waals surface area contributed by atoms with Gasteiger partial charge in [0, 0.05) is 17.9 Å². The second-order valence-corrected chi connectivity index (χ2v) is 4.37. The summed E-state index contributed by atoms with van der Waals surface area (Å²) in [6.45, 7) is 6.54. The SMILES string of the molecule is [B]c1cc2cc(C(C)C)cn2cc1CC. The highest BCUT2D eigenvalue weighted by atomic mass is 14.9. The van der Waals surface area contributed by atoms with Crippen LogP contribution in [0.2, 0.25) is 0 Å². The van der Waals surface area contributed by atoms with E-state index >= 15 is 0 Å². The molecule has 0 fully saturated rings. The minimum Gasteiger partial charge on any atom is -0.323 e. The molecule has 0 atom stereocenters. The average Bonchev–Trinajstić information content (AvgIpc) is 2.59. The maximum atomic E-state index is 5.97. The van der Waals surface area contributed by atoms with Crippen molar-refractivity contribution in [1.29, 1.82) is 0 Å². The fourth-order valence-corrected chi connectivity index (χ4v) is 1.85. The second-order valence-electron chi connectivity index (χ2n) is 4.37. The third-order valence-electron chi connectivity index (χ3n) is 2.92. The van der Waals surface area contributed by atoms with Gasteiger partial charge >= 0.3 is 0 Å². The number of hydrogen-bond acceptors (Lipinski definition) is 0. The van der Waals surface area contributed by atoms with Gasteiger partial charge in [-0.2, -0.15) is 0 Å². The molecule has 2 aromatic heterocycles. The molecular formula is C13H16BN. The second kappa shape index (κ2) is 3.76. The van der Waals surface area contributed by atoms with E-state index in [-0.39, 0.29) is 0 Å². The van der Waals surface area contributed by atoms with E-state index < -0.39 is 0 Å². The number of hydrogen-bond donors (Lipinski definition) is 0. The van der Waals surface area contributed by atoms with Crippen molar-refractivity contribution in [1.82, 2.24) is 4.40 Å². The molecule has 0 bridgehead atoms. The van der Waals surface area contributed by atoms with Gasteiger partial charge in [-0.05, 0) is 35.6 Å². The van der Waals surface area contributed by atoms with Crippen LogP contribution in [0.5, 0.6) is 0 Å². The number of aryl methyl sites for hydroxylation is 1. The molecule has 2 heterocycles. The van der Waals surface area contributed by atoms with Crippen LogP contribution in [0.3, 0.4) is 0 Å². The highest BCUT2D eigenvalue weighted by Gasteiger charge is 2.05. The first kappa shape index (κ1) is 10.3. The lowest BCUT2D eigenvalue weighted by Crippen LogP contribution is -2.10. The Morgan fingerprint density at radius 2 is 2.00 bits per heavy atom. The molecule has 0 aromatic carbocycles. The zero-order valence-electron chi connectivity index (χ0n) is 9.62. The first-order chi connectivity index (χ1) is 7.11. The molecule has 76 valence electrons. The summed E-state index contributed by atoms with van der Waals surface area (Å²) in [6, 6.07) is 4.27. The molecule has 0 aliphatic heterocycles. The van der Waals surface area contributed by atoms with Crippen molar-refractivity contribution in [3.05, 3.63) is 35.7 Å². The quantitative estimate of drug-likeness (QED) is 0.651. The van der Waals surface area contributed by atoms with E-state index in [4.69, 9.17) is 7.85 Å². The maximum Gasteiger partial charge on any atom is 0.114 e. The molecule has 15 heavy (non-hydrogen) atoms. The van der Waals surface area contributed by atoms with Gasteiger partial charge in [0.2, 0.25) is 0 Å². The Morgan fingerprint density at radius 1 is 1.27 bits per heavy atom. The lowest BCUT2D eigenvalue weighted by Gasteiger charge is -2.04. The Balaban J connectivity index is 2.61. The third kappa shape index (κ3) is 1.81. The van der Waals surface area contributed by atoms with E-state index in [9.17, 15) is 0 Å². The van der Waals surface area contributed by atoms with Gasteiger partial charge in [-0.15, -0.1) is 0 Å². The molecule has 2 rings (SSSR count). The van der Waals surface area contributed by atoms with Crippen molar-refractivity contribution < 1.29 is 0 Å². The molecule has 0 amide bonds. The summed E-state index contributed by atoms with van der Waals surface area (Å²) in [6.07, 6.45) is 5.31. The van der Waals surface area contributed by atoms with Crippen LogP contribution in [0.1, 0.15) is 37.8 Å². The lowest BCUT2D eigenvalue weighted by molar-refractivity contribution is 0.865. The Morgan fingerprint density at radius 3 is 2.60 bits per heavy atom. The summed E-state index contributed by atoms with van der Waals surface area (Å²) in [5, 5.41) is 0. The van der Waals surface area contributed by atoms with Gasteiger partial charge in [0.1, 0.15) is 7.85 Å². The van der Waals surface area contributed by atoms with E-state index in [1.54, 1.807) is 0 Å². The number of fused-ring (bicyclic) bond motifs is 1. The molecule has 2 heteroatoms. The molecule has 0 spiro atoms. The minimum atomic E-state index is 0.566. The molecule has 0 unspecified atom stereocenters. The number of nitrogens with zero attached hydrogens (tertiary/aromatic N) is 1. The minimum absolute atomic E-state index is 0.566. The molecule has 0 aliphatic carbocycles. The van der Waals surface area contributed by atoms with Crippen LogP contribution in [0.25, 0.3) is 5.52 Å². The topological polar surface area (TPSA) is 4.41 Å². The normalized spacial score (nSPS) is 11.5. The number of rotatable bonds is 2. The first-order valence-electron chi connectivity index (χ1n) is 5.51. The van der Waals surface area contributed by atoms with Crippen molar-refractivity contribution in [3.8, 4) is 0 Å². The summed E-state index contributed by atoms with van der Waals surface area (Å²) in [7, 11) is 5.97.